The van der Waals surface area contributed by atoms with Crippen LogP contribution >= 0.6 is 12.4 Å². The highest BCUT2D eigenvalue weighted by Crippen LogP contribution is 2.04. The van der Waals surface area contributed by atoms with Crippen molar-refractivity contribution >= 4 is 30.1 Å². The monoisotopic (exact) mass is 350 g/mol. The summed E-state index contributed by atoms with van der Waals surface area (Å²) in [4.78, 5) is 35.2. The van der Waals surface area contributed by atoms with Gasteiger partial charge in [0.15, 0.2) is 0 Å². The number of nitrogens with two attached hydrogens (primary N) is 1. The number of hydrogen-bond acceptors (Lipinski definition) is 4. The maximum atomic E-state index is 11.8. The van der Waals surface area contributed by atoms with E-state index >= 15 is 0 Å². The van der Waals surface area contributed by atoms with Crippen molar-refractivity contribution in [3.63, 3.8) is 0 Å². The Morgan fingerprint density at radius 1 is 0.957 bits per heavy atom. The molecular weight excluding hydrogens is 320 g/mol. The third-order valence-electron chi connectivity index (χ3n) is 3.12. The molecule has 0 aliphatic carbocycles. The van der Waals surface area contributed by atoms with Crippen LogP contribution in [0.4, 0.5) is 0 Å². The van der Waals surface area contributed by atoms with Crippen LogP contribution in [0.1, 0.15) is 58.8 Å². The molecule has 0 heterocycles. The molecule has 0 rings (SSSR count). The number of nitrogens with one attached hydrogen (secondary N) is 2. The van der Waals surface area contributed by atoms with Gasteiger partial charge in [0.05, 0.1) is 6.54 Å². The minimum Gasteiger partial charge on any atom is -0.355 e. The van der Waals surface area contributed by atoms with Gasteiger partial charge in [-0.15, -0.1) is 12.4 Å². The fourth-order valence-electron chi connectivity index (χ4n) is 1.86. The van der Waals surface area contributed by atoms with Crippen molar-refractivity contribution in [3.8, 4) is 0 Å². The Bertz CT molecular complexity index is 354. The summed E-state index contributed by atoms with van der Waals surface area (Å²) in [5.41, 5.74) is 7.78. The Morgan fingerprint density at radius 3 is 2.17 bits per heavy atom. The van der Waals surface area contributed by atoms with Crippen LogP contribution in [0.25, 0.3) is 0 Å². The Balaban J connectivity index is 0. The predicted octanol–water partition coefficient (Wildman–Crippen LogP) is 1.11. The van der Waals surface area contributed by atoms with Crippen LogP contribution in [-0.4, -0.2) is 42.4 Å². The standard InChI is InChI=1S/C15H30N4O3.ClH/c1-3-5-6-7-8-9-13(20)18-19(15(22)11-16)12-14(21)17-10-4-2;/h3-12,16H2,1-2H3,(H,17,21)(H,18,20);1H. The van der Waals surface area contributed by atoms with Crippen molar-refractivity contribution in [1.82, 2.24) is 15.8 Å². The first-order valence-electron chi connectivity index (χ1n) is 8.11. The number of hydrogen-bond donors (Lipinski definition) is 3. The molecule has 0 radical (unpaired) electrons. The van der Waals surface area contributed by atoms with Crippen molar-refractivity contribution in [2.75, 3.05) is 19.6 Å². The average Bonchev–Trinajstić information content (AvgIpc) is 2.51. The van der Waals surface area contributed by atoms with Crippen LogP contribution in [0.5, 0.6) is 0 Å². The summed E-state index contributed by atoms with van der Waals surface area (Å²) >= 11 is 0. The van der Waals surface area contributed by atoms with Crippen molar-refractivity contribution in [2.24, 2.45) is 5.73 Å². The Morgan fingerprint density at radius 2 is 1.61 bits per heavy atom. The van der Waals surface area contributed by atoms with Crippen LogP contribution in [0.3, 0.4) is 0 Å². The summed E-state index contributed by atoms with van der Waals surface area (Å²) in [6, 6.07) is 0. The normalized spacial score (nSPS) is 9.70. The maximum Gasteiger partial charge on any atom is 0.255 e. The van der Waals surface area contributed by atoms with Crippen molar-refractivity contribution < 1.29 is 14.4 Å². The lowest BCUT2D eigenvalue weighted by atomic mass is 10.1. The smallest absolute Gasteiger partial charge is 0.255 e. The van der Waals surface area contributed by atoms with Crippen molar-refractivity contribution in [1.29, 1.82) is 0 Å². The summed E-state index contributed by atoms with van der Waals surface area (Å²) in [5, 5.41) is 3.66. The van der Waals surface area contributed by atoms with Gasteiger partial charge in [0.1, 0.15) is 6.54 Å². The van der Waals surface area contributed by atoms with Crippen LogP contribution in [-0.2, 0) is 14.4 Å². The molecule has 0 bridgehead atoms. The Hall–Kier alpha value is -1.34. The molecule has 3 amide bonds. The van der Waals surface area contributed by atoms with Gasteiger partial charge in [0.25, 0.3) is 5.91 Å². The van der Waals surface area contributed by atoms with Gasteiger partial charge in [-0.25, -0.2) is 5.01 Å². The molecule has 0 aliphatic rings. The first-order chi connectivity index (χ1) is 10.5. The summed E-state index contributed by atoms with van der Waals surface area (Å²) in [7, 11) is 0. The maximum absolute atomic E-state index is 11.8. The fraction of sp³-hybridized carbons (Fsp3) is 0.800. The summed E-state index contributed by atoms with van der Waals surface area (Å²) in [6.07, 6.45) is 6.33. The zero-order chi connectivity index (χ0) is 16.8. The minimum atomic E-state index is -0.481. The quantitative estimate of drug-likeness (QED) is 0.383. The van der Waals surface area contributed by atoms with Gasteiger partial charge in [-0.05, 0) is 12.8 Å². The second kappa shape index (κ2) is 15.6. The SMILES string of the molecule is CCCCCCCC(=O)NN(CC(=O)NCCC)C(=O)CN.Cl. The average molecular weight is 351 g/mol. The molecule has 0 atom stereocenters. The molecule has 0 aliphatic heterocycles. The lowest BCUT2D eigenvalue weighted by molar-refractivity contribution is -0.143. The molecule has 0 spiro atoms. The van der Waals surface area contributed by atoms with Gasteiger partial charge in [-0.2, -0.15) is 0 Å². The topological polar surface area (TPSA) is 105 Å². The molecule has 0 aromatic rings. The molecule has 0 saturated heterocycles. The molecule has 136 valence electrons. The van der Waals surface area contributed by atoms with Crippen LogP contribution in [0.15, 0.2) is 0 Å². The highest BCUT2D eigenvalue weighted by Gasteiger charge is 2.17. The van der Waals surface area contributed by atoms with Crippen LogP contribution in [0, 0.1) is 0 Å². The van der Waals surface area contributed by atoms with Gasteiger partial charge < -0.3 is 11.1 Å². The number of rotatable bonds is 11. The Kier molecular flexibility index (Phi) is 16.2. The number of carbonyl (C=O) groups excluding carboxylic acids is 3. The highest BCUT2D eigenvalue weighted by atomic mass is 35.5. The van der Waals surface area contributed by atoms with Gasteiger partial charge in [0.2, 0.25) is 11.8 Å². The van der Waals surface area contributed by atoms with E-state index in [1.165, 1.54) is 0 Å². The summed E-state index contributed by atoms with van der Waals surface area (Å²) in [6.45, 7) is 4.14. The van der Waals surface area contributed by atoms with Gasteiger partial charge in [0, 0.05) is 13.0 Å². The molecule has 0 fully saturated rings. The third kappa shape index (κ3) is 12.9. The van der Waals surface area contributed by atoms with Gasteiger partial charge in [-0.3, -0.25) is 19.8 Å². The summed E-state index contributed by atoms with van der Waals surface area (Å²) in [5.74, 6) is -1.06. The second-order valence-corrected chi connectivity index (χ2v) is 5.23. The van der Waals surface area contributed by atoms with E-state index < -0.39 is 5.91 Å². The van der Waals surface area contributed by atoms with E-state index in [9.17, 15) is 14.4 Å². The largest absolute Gasteiger partial charge is 0.355 e. The van der Waals surface area contributed by atoms with E-state index in [-0.39, 0.29) is 37.3 Å². The summed E-state index contributed by atoms with van der Waals surface area (Å²) < 4.78 is 0. The van der Waals surface area contributed by atoms with Crippen molar-refractivity contribution in [2.45, 2.75) is 58.8 Å². The Labute approximate surface area is 145 Å². The zero-order valence-electron chi connectivity index (χ0n) is 14.2. The minimum absolute atomic E-state index is 0. The zero-order valence-corrected chi connectivity index (χ0v) is 15.0. The first kappa shape index (κ1) is 23.9. The number of carbonyl (C=O) groups is 3. The van der Waals surface area contributed by atoms with E-state index in [1.807, 2.05) is 6.92 Å². The molecule has 7 nitrogen and oxygen atoms in total. The van der Waals surface area contributed by atoms with Gasteiger partial charge in [-0.1, -0.05) is 39.5 Å². The number of halogens is 1. The van der Waals surface area contributed by atoms with Crippen molar-refractivity contribution in [3.05, 3.63) is 0 Å². The van der Waals surface area contributed by atoms with E-state index in [0.29, 0.717) is 13.0 Å². The van der Waals surface area contributed by atoms with Crippen LogP contribution in [0.2, 0.25) is 0 Å². The molecule has 8 heteroatoms. The lowest BCUT2D eigenvalue weighted by Gasteiger charge is -2.22. The molecule has 0 unspecified atom stereocenters. The van der Waals surface area contributed by atoms with E-state index in [4.69, 9.17) is 5.73 Å². The third-order valence-corrected chi connectivity index (χ3v) is 3.12. The fourth-order valence-corrected chi connectivity index (χ4v) is 1.86. The van der Waals surface area contributed by atoms with E-state index in [1.54, 1.807) is 0 Å². The van der Waals surface area contributed by atoms with Gasteiger partial charge >= 0.3 is 0 Å². The molecule has 23 heavy (non-hydrogen) atoms. The highest BCUT2D eigenvalue weighted by molar-refractivity contribution is 5.88. The first-order valence-corrected chi connectivity index (χ1v) is 8.11. The number of amides is 3. The lowest BCUT2D eigenvalue weighted by Crippen LogP contribution is -2.52. The predicted molar refractivity (Wildman–Crippen MR) is 92.8 cm³/mol. The number of nitrogens with zero attached hydrogens (tertiary/aromatic N) is 1. The molecule has 0 aromatic carbocycles. The van der Waals surface area contributed by atoms with Crippen LogP contribution < -0.4 is 16.5 Å². The molecule has 0 saturated carbocycles. The van der Waals surface area contributed by atoms with E-state index in [0.717, 1.165) is 43.5 Å². The number of hydrazine groups is 1. The second-order valence-electron chi connectivity index (χ2n) is 5.23. The molecular formula is C15H31ClN4O3. The molecule has 4 N–H and O–H groups in total. The van der Waals surface area contributed by atoms with E-state index in [2.05, 4.69) is 17.7 Å². The molecule has 0 aromatic heterocycles. The number of unbranched alkanes of at least 4 members (excludes halogenated alkanes) is 4.